The molecular formula is C21H24ClN3OS. The summed E-state index contributed by atoms with van der Waals surface area (Å²) in [6, 6.07) is 12.4. The van der Waals surface area contributed by atoms with Crippen molar-refractivity contribution in [2.75, 3.05) is 0 Å². The summed E-state index contributed by atoms with van der Waals surface area (Å²) < 4.78 is 8.10. The number of thioether (sulfide) groups is 1. The minimum absolute atomic E-state index is 0.212. The van der Waals surface area contributed by atoms with Gasteiger partial charge in [0.2, 0.25) is 0 Å². The zero-order valence-electron chi connectivity index (χ0n) is 16.3. The first-order valence-corrected chi connectivity index (χ1v) is 10.2. The van der Waals surface area contributed by atoms with Gasteiger partial charge in [-0.3, -0.25) is 0 Å². The molecular weight excluding hydrogens is 378 g/mol. The van der Waals surface area contributed by atoms with E-state index in [1.165, 1.54) is 11.1 Å². The highest BCUT2D eigenvalue weighted by molar-refractivity contribution is 7.98. The topological polar surface area (TPSA) is 39.9 Å². The fraction of sp³-hybridized carbons (Fsp3) is 0.333. The van der Waals surface area contributed by atoms with Crippen molar-refractivity contribution in [3.8, 4) is 5.75 Å². The molecule has 142 valence electrons. The quantitative estimate of drug-likeness (QED) is 0.487. The summed E-state index contributed by atoms with van der Waals surface area (Å²) in [5, 5.41) is 10.3. The molecule has 3 rings (SSSR count). The molecule has 4 nitrogen and oxygen atoms in total. The Labute approximate surface area is 169 Å². The lowest BCUT2D eigenvalue weighted by molar-refractivity contribution is 0.211. The number of hydrogen-bond acceptors (Lipinski definition) is 4. The van der Waals surface area contributed by atoms with Crippen LogP contribution in [0.5, 0.6) is 5.75 Å². The van der Waals surface area contributed by atoms with Gasteiger partial charge in [-0.05, 0) is 56.5 Å². The van der Waals surface area contributed by atoms with Gasteiger partial charge in [-0.2, -0.15) is 0 Å². The second-order valence-electron chi connectivity index (χ2n) is 6.81. The van der Waals surface area contributed by atoms with Crippen molar-refractivity contribution >= 4 is 23.4 Å². The maximum absolute atomic E-state index is 6.24. The summed E-state index contributed by atoms with van der Waals surface area (Å²) in [6.45, 7) is 8.05. The summed E-state index contributed by atoms with van der Waals surface area (Å²) in [6.07, 6.45) is -0.212. The van der Waals surface area contributed by atoms with Crippen LogP contribution in [-0.2, 0) is 12.8 Å². The zero-order valence-corrected chi connectivity index (χ0v) is 17.9. The first kappa shape index (κ1) is 19.8. The minimum atomic E-state index is -0.212. The lowest BCUT2D eigenvalue weighted by atomic mass is 10.1. The fourth-order valence-corrected chi connectivity index (χ4v) is 3.96. The van der Waals surface area contributed by atoms with Gasteiger partial charge in [0.25, 0.3) is 0 Å². The molecule has 0 spiro atoms. The Morgan fingerprint density at radius 3 is 2.48 bits per heavy atom. The van der Waals surface area contributed by atoms with Crippen LogP contribution >= 0.6 is 23.4 Å². The fourth-order valence-electron chi connectivity index (χ4n) is 2.99. The van der Waals surface area contributed by atoms with Gasteiger partial charge < -0.3 is 9.30 Å². The Kier molecular flexibility index (Phi) is 6.12. The van der Waals surface area contributed by atoms with Crippen molar-refractivity contribution in [3.63, 3.8) is 0 Å². The molecule has 0 bridgehead atoms. The van der Waals surface area contributed by atoms with Crippen LogP contribution in [0.2, 0.25) is 5.02 Å². The Morgan fingerprint density at radius 2 is 1.81 bits per heavy atom. The van der Waals surface area contributed by atoms with Gasteiger partial charge in [0, 0.05) is 17.8 Å². The number of aryl methyl sites for hydroxylation is 3. The van der Waals surface area contributed by atoms with E-state index in [0.29, 0.717) is 0 Å². The zero-order chi connectivity index (χ0) is 19.6. The molecule has 0 amide bonds. The molecule has 6 heteroatoms. The van der Waals surface area contributed by atoms with E-state index in [2.05, 4.69) is 41.4 Å². The van der Waals surface area contributed by atoms with E-state index in [-0.39, 0.29) is 6.10 Å². The summed E-state index contributed by atoms with van der Waals surface area (Å²) >= 11 is 7.92. The SMILES string of the molecule is Cc1cccc(CSc2nnc(C(C)Oc3cc(C)c(Cl)c(C)c3)n2C)c1. The first-order chi connectivity index (χ1) is 12.8. The molecule has 0 aliphatic rings. The molecule has 0 fully saturated rings. The van der Waals surface area contributed by atoms with Crippen molar-refractivity contribution in [3.05, 3.63) is 69.5 Å². The minimum Gasteiger partial charge on any atom is -0.483 e. The van der Waals surface area contributed by atoms with Crippen LogP contribution in [0.3, 0.4) is 0 Å². The van der Waals surface area contributed by atoms with Gasteiger partial charge in [0.05, 0.1) is 0 Å². The Morgan fingerprint density at radius 1 is 1.11 bits per heavy atom. The average Bonchev–Trinajstić information content (AvgIpc) is 2.98. The molecule has 27 heavy (non-hydrogen) atoms. The van der Waals surface area contributed by atoms with E-state index in [1.54, 1.807) is 11.8 Å². The highest BCUT2D eigenvalue weighted by Crippen LogP contribution is 2.30. The number of benzene rings is 2. The average molecular weight is 402 g/mol. The molecule has 3 aromatic rings. The van der Waals surface area contributed by atoms with Crippen molar-refractivity contribution in [1.29, 1.82) is 0 Å². The largest absolute Gasteiger partial charge is 0.483 e. The van der Waals surface area contributed by atoms with Crippen LogP contribution in [0.15, 0.2) is 41.6 Å². The number of ether oxygens (including phenoxy) is 1. The molecule has 1 aromatic heterocycles. The maximum Gasteiger partial charge on any atom is 0.191 e. The smallest absolute Gasteiger partial charge is 0.191 e. The molecule has 0 saturated carbocycles. The highest BCUT2D eigenvalue weighted by atomic mass is 35.5. The molecule has 2 aromatic carbocycles. The van der Waals surface area contributed by atoms with E-state index >= 15 is 0 Å². The normalized spacial score (nSPS) is 12.2. The van der Waals surface area contributed by atoms with Crippen LogP contribution in [0.1, 0.15) is 41.1 Å². The van der Waals surface area contributed by atoms with Gasteiger partial charge >= 0.3 is 0 Å². The molecule has 0 aliphatic heterocycles. The number of aromatic nitrogens is 3. The predicted molar refractivity (Wildman–Crippen MR) is 112 cm³/mol. The molecule has 1 heterocycles. The molecule has 0 radical (unpaired) electrons. The first-order valence-electron chi connectivity index (χ1n) is 8.86. The lowest BCUT2D eigenvalue weighted by Gasteiger charge is -2.16. The third-order valence-corrected chi connectivity index (χ3v) is 6.09. The van der Waals surface area contributed by atoms with E-state index in [9.17, 15) is 0 Å². The van der Waals surface area contributed by atoms with E-state index in [1.807, 2.05) is 44.5 Å². The summed E-state index contributed by atoms with van der Waals surface area (Å²) in [5.74, 6) is 2.45. The van der Waals surface area contributed by atoms with Gasteiger partial charge in [-0.15, -0.1) is 10.2 Å². The van der Waals surface area contributed by atoms with Crippen LogP contribution in [0.25, 0.3) is 0 Å². The van der Waals surface area contributed by atoms with E-state index < -0.39 is 0 Å². The van der Waals surface area contributed by atoms with E-state index in [4.69, 9.17) is 16.3 Å². The predicted octanol–water partition coefficient (Wildman–Crippen LogP) is 5.83. The van der Waals surface area contributed by atoms with Crippen LogP contribution < -0.4 is 4.74 Å². The van der Waals surface area contributed by atoms with Gasteiger partial charge in [-0.1, -0.05) is 53.2 Å². The number of halogens is 1. The second kappa shape index (κ2) is 8.36. The molecule has 1 atom stereocenters. The molecule has 1 unspecified atom stereocenters. The van der Waals surface area contributed by atoms with Gasteiger partial charge in [-0.25, -0.2) is 0 Å². The molecule has 0 saturated heterocycles. The van der Waals surface area contributed by atoms with Crippen molar-refractivity contribution in [1.82, 2.24) is 14.8 Å². The van der Waals surface area contributed by atoms with Gasteiger partial charge in [0.15, 0.2) is 17.1 Å². The Hall–Kier alpha value is -1.98. The van der Waals surface area contributed by atoms with E-state index in [0.717, 1.165) is 38.6 Å². The summed E-state index contributed by atoms with van der Waals surface area (Å²) in [5.41, 5.74) is 4.56. The van der Waals surface area contributed by atoms with Crippen LogP contribution in [0.4, 0.5) is 0 Å². The van der Waals surface area contributed by atoms with Crippen molar-refractivity contribution < 1.29 is 4.74 Å². The number of nitrogens with zero attached hydrogens (tertiary/aromatic N) is 3. The van der Waals surface area contributed by atoms with Crippen molar-refractivity contribution in [2.24, 2.45) is 7.05 Å². The monoisotopic (exact) mass is 401 g/mol. The maximum atomic E-state index is 6.24. The number of hydrogen-bond donors (Lipinski definition) is 0. The van der Waals surface area contributed by atoms with Crippen LogP contribution in [0, 0.1) is 20.8 Å². The third-order valence-electron chi connectivity index (χ3n) is 4.41. The Bertz CT molecular complexity index is 931. The van der Waals surface area contributed by atoms with Gasteiger partial charge in [0.1, 0.15) is 5.75 Å². The summed E-state index contributed by atoms with van der Waals surface area (Å²) in [7, 11) is 1.98. The standard InChI is InChI=1S/C21H24ClN3OS/c1-13-7-6-8-17(9-13)12-27-21-24-23-20(25(21)5)16(4)26-18-10-14(2)19(22)15(3)11-18/h6-11,16H,12H2,1-5H3. The Balaban J connectivity index is 1.70. The second-order valence-corrected chi connectivity index (χ2v) is 8.13. The van der Waals surface area contributed by atoms with Crippen molar-refractivity contribution in [2.45, 2.75) is 44.7 Å². The van der Waals surface area contributed by atoms with Crippen LogP contribution in [-0.4, -0.2) is 14.8 Å². The summed E-state index contributed by atoms with van der Waals surface area (Å²) in [4.78, 5) is 0. The number of rotatable bonds is 6. The molecule has 0 aliphatic carbocycles. The third kappa shape index (κ3) is 4.66. The molecule has 0 N–H and O–H groups in total. The lowest BCUT2D eigenvalue weighted by Crippen LogP contribution is -2.10. The highest BCUT2D eigenvalue weighted by Gasteiger charge is 2.18.